The zero-order valence-electron chi connectivity index (χ0n) is 12.6. The SMILES string of the molecule is COCc1cc(-c2c(S(C)(=O)=O)ccc(C(=O)OC)c2Cl)no1. The summed E-state index contributed by atoms with van der Waals surface area (Å²) in [7, 11) is -0.921. The predicted molar refractivity (Wildman–Crippen MR) is 82.1 cm³/mol. The van der Waals surface area contributed by atoms with Crippen molar-refractivity contribution in [3.05, 3.63) is 34.5 Å². The minimum absolute atomic E-state index is 0.0351. The number of sulfone groups is 1. The molecule has 0 bridgehead atoms. The molecule has 124 valence electrons. The molecule has 2 rings (SSSR count). The van der Waals surface area contributed by atoms with Gasteiger partial charge in [0.25, 0.3) is 0 Å². The van der Waals surface area contributed by atoms with Gasteiger partial charge in [-0.2, -0.15) is 0 Å². The molecule has 1 aromatic carbocycles. The monoisotopic (exact) mass is 359 g/mol. The third kappa shape index (κ3) is 3.54. The van der Waals surface area contributed by atoms with Crippen LogP contribution in [-0.2, 0) is 25.9 Å². The normalized spacial score (nSPS) is 11.5. The zero-order valence-corrected chi connectivity index (χ0v) is 14.2. The summed E-state index contributed by atoms with van der Waals surface area (Å²) >= 11 is 6.24. The molecule has 7 nitrogen and oxygen atoms in total. The van der Waals surface area contributed by atoms with Gasteiger partial charge in [0, 0.05) is 25.0 Å². The second-order valence-electron chi connectivity index (χ2n) is 4.68. The van der Waals surface area contributed by atoms with Crippen LogP contribution in [0.5, 0.6) is 0 Å². The fourth-order valence-electron chi connectivity index (χ4n) is 2.01. The molecular weight excluding hydrogens is 346 g/mol. The first kappa shape index (κ1) is 17.5. The molecule has 2 aromatic rings. The van der Waals surface area contributed by atoms with Gasteiger partial charge in [0.2, 0.25) is 0 Å². The van der Waals surface area contributed by atoms with E-state index < -0.39 is 15.8 Å². The first-order valence-corrected chi connectivity index (χ1v) is 8.62. The summed E-state index contributed by atoms with van der Waals surface area (Å²) < 4.78 is 38.6. The van der Waals surface area contributed by atoms with Gasteiger partial charge < -0.3 is 14.0 Å². The fraction of sp³-hybridized carbons (Fsp3) is 0.286. The predicted octanol–water partition coefficient (Wildman–Crippen LogP) is 2.33. The van der Waals surface area contributed by atoms with Crippen LogP contribution in [0.25, 0.3) is 11.3 Å². The lowest BCUT2D eigenvalue weighted by molar-refractivity contribution is 0.0601. The van der Waals surface area contributed by atoms with Gasteiger partial charge in [0.05, 0.1) is 22.6 Å². The number of carbonyl (C=O) groups is 1. The van der Waals surface area contributed by atoms with Crippen LogP contribution in [-0.4, -0.2) is 40.0 Å². The number of ether oxygens (including phenoxy) is 2. The molecule has 0 atom stereocenters. The van der Waals surface area contributed by atoms with Crippen LogP contribution >= 0.6 is 11.6 Å². The molecule has 0 N–H and O–H groups in total. The minimum Gasteiger partial charge on any atom is -0.465 e. The third-order valence-electron chi connectivity index (χ3n) is 3.01. The molecule has 0 radical (unpaired) electrons. The Balaban J connectivity index is 2.72. The first-order valence-electron chi connectivity index (χ1n) is 6.35. The molecule has 0 fully saturated rings. The van der Waals surface area contributed by atoms with Gasteiger partial charge in [-0.25, -0.2) is 13.2 Å². The van der Waals surface area contributed by atoms with E-state index in [0.717, 1.165) is 6.26 Å². The van der Waals surface area contributed by atoms with Crippen LogP contribution < -0.4 is 0 Å². The van der Waals surface area contributed by atoms with Crippen molar-refractivity contribution in [3.63, 3.8) is 0 Å². The number of rotatable bonds is 5. The van der Waals surface area contributed by atoms with E-state index >= 15 is 0 Å². The maximum atomic E-state index is 12.0. The molecule has 0 aliphatic heterocycles. The van der Waals surface area contributed by atoms with Crippen molar-refractivity contribution in [3.8, 4) is 11.3 Å². The fourth-order valence-corrected chi connectivity index (χ4v) is 3.30. The van der Waals surface area contributed by atoms with Crippen LogP contribution in [0.3, 0.4) is 0 Å². The Morgan fingerprint density at radius 3 is 2.61 bits per heavy atom. The summed E-state index contributed by atoms with van der Waals surface area (Å²) in [6.45, 7) is 0.162. The number of benzene rings is 1. The summed E-state index contributed by atoms with van der Waals surface area (Å²) in [5.41, 5.74) is 0.309. The van der Waals surface area contributed by atoms with Crippen molar-refractivity contribution in [2.24, 2.45) is 0 Å². The van der Waals surface area contributed by atoms with Crippen molar-refractivity contribution >= 4 is 27.4 Å². The molecule has 0 aliphatic rings. The van der Waals surface area contributed by atoms with Gasteiger partial charge in [-0.1, -0.05) is 16.8 Å². The molecule has 0 amide bonds. The zero-order chi connectivity index (χ0) is 17.2. The van der Waals surface area contributed by atoms with Crippen LogP contribution in [0.1, 0.15) is 16.1 Å². The van der Waals surface area contributed by atoms with Gasteiger partial charge in [0.1, 0.15) is 12.3 Å². The van der Waals surface area contributed by atoms with Gasteiger partial charge in [-0.15, -0.1) is 0 Å². The Bertz CT molecular complexity index is 843. The summed E-state index contributed by atoms with van der Waals surface area (Å²) in [5.74, 6) is -0.293. The topological polar surface area (TPSA) is 95.7 Å². The number of aromatic nitrogens is 1. The van der Waals surface area contributed by atoms with Gasteiger partial charge in [-0.3, -0.25) is 0 Å². The minimum atomic E-state index is -3.61. The van der Waals surface area contributed by atoms with E-state index in [1.807, 2.05) is 0 Å². The largest absolute Gasteiger partial charge is 0.465 e. The molecule has 1 aromatic heterocycles. The van der Waals surface area contributed by atoms with Crippen LogP contribution in [0.2, 0.25) is 5.02 Å². The average molecular weight is 360 g/mol. The standard InChI is InChI=1S/C14H14ClNO6S/c1-20-7-8-6-10(16-22-8)12-11(23(3,18)19)5-4-9(13(12)15)14(17)21-2/h4-6H,7H2,1-3H3. The Kier molecular flexibility index (Phi) is 5.08. The summed E-state index contributed by atoms with van der Waals surface area (Å²) in [6.07, 6.45) is 1.04. The highest BCUT2D eigenvalue weighted by Gasteiger charge is 2.25. The highest BCUT2D eigenvalue weighted by atomic mass is 35.5. The van der Waals surface area contributed by atoms with Crippen LogP contribution in [0.4, 0.5) is 0 Å². The van der Waals surface area contributed by atoms with Gasteiger partial charge >= 0.3 is 5.97 Å². The number of hydrogen-bond acceptors (Lipinski definition) is 7. The Morgan fingerprint density at radius 2 is 2.04 bits per heavy atom. The third-order valence-corrected chi connectivity index (χ3v) is 4.54. The number of halogens is 1. The van der Waals surface area contributed by atoms with Crippen molar-refractivity contribution in [2.45, 2.75) is 11.5 Å². The summed E-state index contributed by atoms with van der Waals surface area (Å²) in [6, 6.07) is 4.08. The van der Waals surface area contributed by atoms with Gasteiger partial charge in [0.15, 0.2) is 15.6 Å². The molecule has 0 saturated heterocycles. The first-order chi connectivity index (χ1) is 10.8. The van der Waals surface area contributed by atoms with E-state index in [0.29, 0.717) is 5.76 Å². The lowest BCUT2D eigenvalue weighted by Gasteiger charge is -2.10. The Morgan fingerprint density at radius 1 is 1.35 bits per heavy atom. The van der Waals surface area contributed by atoms with Crippen LogP contribution in [0, 0.1) is 0 Å². The molecule has 0 spiro atoms. The second kappa shape index (κ2) is 6.69. The molecule has 9 heteroatoms. The van der Waals surface area contributed by atoms with E-state index in [1.165, 1.54) is 32.4 Å². The number of nitrogens with zero attached hydrogens (tertiary/aromatic N) is 1. The number of carbonyl (C=O) groups excluding carboxylic acids is 1. The molecule has 1 heterocycles. The van der Waals surface area contributed by atoms with Crippen molar-refractivity contribution < 1.29 is 27.2 Å². The number of hydrogen-bond donors (Lipinski definition) is 0. The summed E-state index contributed by atoms with van der Waals surface area (Å²) in [5, 5.41) is 3.74. The molecule has 0 saturated carbocycles. The van der Waals surface area contributed by atoms with Crippen molar-refractivity contribution in [1.29, 1.82) is 0 Å². The van der Waals surface area contributed by atoms with E-state index in [4.69, 9.17) is 20.9 Å². The number of methoxy groups -OCH3 is 2. The maximum absolute atomic E-state index is 12.0. The molecule has 23 heavy (non-hydrogen) atoms. The Hall–Kier alpha value is -1.90. The summed E-state index contributed by atoms with van der Waals surface area (Å²) in [4.78, 5) is 11.7. The van der Waals surface area contributed by atoms with Crippen molar-refractivity contribution in [1.82, 2.24) is 5.16 Å². The van der Waals surface area contributed by atoms with Crippen molar-refractivity contribution in [2.75, 3.05) is 20.5 Å². The lowest BCUT2D eigenvalue weighted by atomic mass is 10.1. The van der Waals surface area contributed by atoms with Gasteiger partial charge in [-0.05, 0) is 12.1 Å². The maximum Gasteiger partial charge on any atom is 0.339 e. The Labute approximate surface area is 138 Å². The number of esters is 1. The smallest absolute Gasteiger partial charge is 0.339 e. The molecule has 0 aliphatic carbocycles. The van der Waals surface area contributed by atoms with E-state index in [1.54, 1.807) is 0 Å². The second-order valence-corrected chi connectivity index (χ2v) is 7.04. The molecule has 0 unspecified atom stereocenters. The average Bonchev–Trinajstić information content (AvgIpc) is 2.93. The lowest BCUT2D eigenvalue weighted by Crippen LogP contribution is -2.07. The molecular formula is C14H14ClNO6S. The quantitative estimate of drug-likeness (QED) is 0.756. The highest BCUT2D eigenvalue weighted by Crippen LogP contribution is 2.36. The highest BCUT2D eigenvalue weighted by molar-refractivity contribution is 7.90. The van der Waals surface area contributed by atoms with Crippen LogP contribution in [0.15, 0.2) is 27.6 Å². The van der Waals surface area contributed by atoms with E-state index in [-0.39, 0.29) is 33.3 Å². The van der Waals surface area contributed by atoms with E-state index in [9.17, 15) is 13.2 Å². The van der Waals surface area contributed by atoms with E-state index in [2.05, 4.69) is 9.89 Å².